The predicted octanol–water partition coefficient (Wildman–Crippen LogP) is 4.83. The van der Waals surface area contributed by atoms with Gasteiger partial charge in [0.15, 0.2) is 0 Å². The van der Waals surface area contributed by atoms with E-state index in [1.807, 2.05) is 6.07 Å². The number of allylic oxidation sites excluding steroid dienone is 1. The van der Waals surface area contributed by atoms with E-state index >= 15 is 0 Å². The van der Waals surface area contributed by atoms with Crippen molar-refractivity contribution < 1.29 is 0 Å². The van der Waals surface area contributed by atoms with Crippen LogP contribution in [0.1, 0.15) is 50.9 Å². The summed E-state index contributed by atoms with van der Waals surface area (Å²) in [6.07, 6.45) is 4.48. The smallest absolute Gasteiger partial charge is 0.147 e. The van der Waals surface area contributed by atoms with Crippen molar-refractivity contribution in [3.8, 4) is 0 Å². The Bertz CT molecular complexity index is 789. The Labute approximate surface area is 162 Å². The highest BCUT2D eigenvalue weighted by atomic mass is 15.2. The third kappa shape index (κ3) is 4.98. The number of para-hydroxylation sites is 1. The van der Waals surface area contributed by atoms with Crippen LogP contribution in [-0.4, -0.2) is 18.4 Å². The van der Waals surface area contributed by atoms with Crippen LogP contribution in [0, 0.1) is 0 Å². The maximum Gasteiger partial charge on any atom is 0.147 e. The number of rotatable bonds is 7. The summed E-state index contributed by atoms with van der Waals surface area (Å²) in [6.45, 7) is 7.46. The molecule has 0 bridgehead atoms. The Balaban J connectivity index is 1.87. The SMILES string of the molecule is CCCC(/C=C(\C)NC1=NC(c2ccccc2)Nc2ccccc21)NCC. The number of fused-ring (bicyclic) bond motifs is 1. The van der Waals surface area contributed by atoms with E-state index in [0.717, 1.165) is 47.7 Å². The molecular formula is C23H30N4. The molecule has 3 rings (SSSR count). The topological polar surface area (TPSA) is 48.5 Å². The Morgan fingerprint density at radius 1 is 1.11 bits per heavy atom. The average Bonchev–Trinajstić information content (AvgIpc) is 2.69. The van der Waals surface area contributed by atoms with Crippen LogP contribution in [0.15, 0.2) is 71.4 Å². The number of anilines is 1. The van der Waals surface area contributed by atoms with Crippen molar-refractivity contribution in [2.45, 2.75) is 45.8 Å². The molecule has 2 atom stereocenters. The minimum absolute atomic E-state index is 0.0865. The molecule has 0 fully saturated rings. The van der Waals surface area contributed by atoms with E-state index < -0.39 is 0 Å². The second-order valence-electron chi connectivity index (χ2n) is 6.91. The second-order valence-corrected chi connectivity index (χ2v) is 6.91. The number of benzene rings is 2. The first-order valence-electron chi connectivity index (χ1n) is 9.88. The largest absolute Gasteiger partial charge is 0.359 e. The minimum Gasteiger partial charge on any atom is -0.359 e. The minimum atomic E-state index is -0.0865. The Kier molecular flexibility index (Phi) is 6.66. The van der Waals surface area contributed by atoms with E-state index in [2.05, 4.69) is 91.3 Å². The maximum absolute atomic E-state index is 4.97. The van der Waals surface area contributed by atoms with Crippen molar-refractivity contribution in [3.63, 3.8) is 0 Å². The molecule has 4 heteroatoms. The Hall–Kier alpha value is -2.59. The zero-order valence-electron chi connectivity index (χ0n) is 16.5. The molecule has 3 N–H and O–H groups in total. The lowest BCUT2D eigenvalue weighted by molar-refractivity contribution is 0.563. The van der Waals surface area contributed by atoms with Crippen LogP contribution in [0.5, 0.6) is 0 Å². The molecule has 0 saturated carbocycles. The predicted molar refractivity (Wildman–Crippen MR) is 115 cm³/mol. The standard InChI is InChI=1S/C23H30N4/c1-4-11-19(24-5-2)16-17(3)25-23-20-14-9-10-15-21(20)26-22(27-23)18-12-7-6-8-13-18/h6-10,12-16,19,22,24,26H,4-5,11H2,1-3H3,(H,25,27)/b17-16+. The quantitative estimate of drug-likeness (QED) is 0.661. The van der Waals surface area contributed by atoms with Crippen molar-refractivity contribution in [1.29, 1.82) is 0 Å². The van der Waals surface area contributed by atoms with Gasteiger partial charge in [0.25, 0.3) is 0 Å². The molecule has 1 aliphatic rings. The van der Waals surface area contributed by atoms with Crippen LogP contribution >= 0.6 is 0 Å². The highest BCUT2D eigenvalue weighted by Gasteiger charge is 2.21. The van der Waals surface area contributed by atoms with Gasteiger partial charge in [-0.05, 0) is 43.7 Å². The van der Waals surface area contributed by atoms with Crippen molar-refractivity contribution in [1.82, 2.24) is 10.6 Å². The van der Waals surface area contributed by atoms with Crippen molar-refractivity contribution in [3.05, 3.63) is 77.5 Å². The summed E-state index contributed by atoms with van der Waals surface area (Å²) >= 11 is 0. The first-order chi connectivity index (χ1) is 13.2. The van der Waals surface area contributed by atoms with E-state index in [9.17, 15) is 0 Å². The summed E-state index contributed by atoms with van der Waals surface area (Å²) in [5, 5.41) is 10.6. The summed E-state index contributed by atoms with van der Waals surface area (Å²) in [6, 6.07) is 19.1. The fraction of sp³-hybridized carbons (Fsp3) is 0.348. The summed E-state index contributed by atoms with van der Waals surface area (Å²) < 4.78 is 0. The number of hydrogen-bond acceptors (Lipinski definition) is 4. The van der Waals surface area contributed by atoms with Crippen molar-refractivity contribution >= 4 is 11.5 Å². The van der Waals surface area contributed by atoms with Crippen LogP contribution in [0.25, 0.3) is 0 Å². The number of likely N-dealkylation sites (N-methyl/N-ethyl adjacent to an activating group) is 1. The van der Waals surface area contributed by atoms with Gasteiger partial charge in [-0.1, -0.05) is 62.7 Å². The Morgan fingerprint density at radius 3 is 2.59 bits per heavy atom. The average molecular weight is 363 g/mol. The lowest BCUT2D eigenvalue weighted by atomic mass is 10.1. The van der Waals surface area contributed by atoms with Crippen LogP contribution in [0.3, 0.4) is 0 Å². The van der Waals surface area contributed by atoms with Gasteiger partial charge in [-0.2, -0.15) is 0 Å². The van der Waals surface area contributed by atoms with Gasteiger partial charge in [0, 0.05) is 23.0 Å². The molecule has 0 spiro atoms. The first-order valence-corrected chi connectivity index (χ1v) is 9.88. The van der Waals surface area contributed by atoms with Gasteiger partial charge < -0.3 is 16.0 Å². The highest BCUT2D eigenvalue weighted by molar-refractivity contribution is 6.05. The van der Waals surface area contributed by atoms with Crippen LogP contribution in [0.4, 0.5) is 5.69 Å². The fourth-order valence-electron chi connectivity index (χ4n) is 3.43. The fourth-order valence-corrected chi connectivity index (χ4v) is 3.43. The zero-order valence-corrected chi connectivity index (χ0v) is 16.5. The number of nitrogens with one attached hydrogen (secondary N) is 3. The van der Waals surface area contributed by atoms with Gasteiger partial charge in [-0.25, -0.2) is 4.99 Å². The summed E-state index contributed by atoms with van der Waals surface area (Å²) in [4.78, 5) is 4.97. The highest BCUT2D eigenvalue weighted by Crippen LogP contribution is 2.29. The number of amidine groups is 1. The van der Waals surface area contributed by atoms with Crippen LogP contribution in [0.2, 0.25) is 0 Å². The third-order valence-electron chi connectivity index (χ3n) is 4.68. The number of nitrogens with zero attached hydrogens (tertiary/aromatic N) is 1. The molecule has 0 amide bonds. The van der Waals surface area contributed by atoms with Gasteiger partial charge >= 0.3 is 0 Å². The molecule has 2 aromatic carbocycles. The second kappa shape index (κ2) is 9.38. The summed E-state index contributed by atoms with van der Waals surface area (Å²) in [5.41, 5.74) is 4.49. The van der Waals surface area contributed by atoms with Gasteiger partial charge in [-0.3, -0.25) is 0 Å². The molecule has 1 heterocycles. The molecule has 142 valence electrons. The molecule has 1 aliphatic heterocycles. The van der Waals surface area contributed by atoms with Crippen LogP contribution < -0.4 is 16.0 Å². The summed E-state index contributed by atoms with van der Waals surface area (Å²) in [5.74, 6) is 0.915. The first kappa shape index (κ1) is 19.2. The van der Waals surface area contributed by atoms with Crippen molar-refractivity contribution in [2.75, 3.05) is 11.9 Å². The molecule has 4 nitrogen and oxygen atoms in total. The lowest BCUT2D eigenvalue weighted by Gasteiger charge is -2.27. The molecule has 0 aromatic heterocycles. The summed E-state index contributed by atoms with van der Waals surface area (Å²) in [7, 11) is 0. The normalized spacial score (nSPS) is 17.5. The van der Waals surface area contributed by atoms with Crippen molar-refractivity contribution in [2.24, 2.45) is 4.99 Å². The molecule has 27 heavy (non-hydrogen) atoms. The van der Waals surface area contributed by atoms with E-state index in [0.29, 0.717) is 6.04 Å². The van der Waals surface area contributed by atoms with Gasteiger partial charge in [0.05, 0.1) is 0 Å². The van der Waals surface area contributed by atoms with Gasteiger partial charge in [-0.15, -0.1) is 0 Å². The van der Waals surface area contributed by atoms with E-state index in [1.165, 1.54) is 0 Å². The third-order valence-corrected chi connectivity index (χ3v) is 4.68. The Morgan fingerprint density at radius 2 is 1.85 bits per heavy atom. The maximum atomic E-state index is 4.97. The van der Waals surface area contributed by atoms with Crippen LogP contribution in [-0.2, 0) is 0 Å². The van der Waals surface area contributed by atoms with E-state index in [-0.39, 0.29) is 6.17 Å². The molecule has 0 aliphatic carbocycles. The van der Waals surface area contributed by atoms with Gasteiger partial charge in [0.2, 0.25) is 0 Å². The monoisotopic (exact) mass is 362 g/mol. The lowest BCUT2D eigenvalue weighted by Crippen LogP contribution is -2.32. The zero-order chi connectivity index (χ0) is 19.1. The van der Waals surface area contributed by atoms with Gasteiger partial charge in [0.1, 0.15) is 12.0 Å². The van der Waals surface area contributed by atoms with E-state index in [1.54, 1.807) is 0 Å². The molecule has 2 aromatic rings. The number of aliphatic imine (C=N–C) groups is 1. The van der Waals surface area contributed by atoms with E-state index in [4.69, 9.17) is 4.99 Å². The number of hydrogen-bond donors (Lipinski definition) is 3. The molecule has 0 radical (unpaired) electrons. The molecular weight excluding hydrogens is 332 g/mol. The molecule has 0 saturated heterocycles. The molecule has 2 unspecified atom stereocenters.